The Morgan fingerprint density at radius 1 is 1.37 bits per heavy atom. The fourth-order valence-corrected chi connectivity index (χ4v) is 2.27. The van der Waals surface area contributed by atoms with Crippen molar-refractivity contribution in [2.45, 2.75) is 6.92 Å². The second kappa shape index (κ2) is 5.98. The van der Waals surface area contributed by atoms with Gasteiger partial charge in [-0.2, -0.15) is 0 Å². The van der Waals surface area contributed by atoms with Gasteiger partial charge in [-0.05, 0) is 13.0 Å². The molecule has 1 aromatic carbocycles. The van der Waals surface area contributed by atoms with Crippen molar-refractivity contribution in [2.75, 3.05) is 31.7 Å². The topological polar surface area (TPSA) is 92.6 Å². The van der Waals surface area contributed by atoms with E-state index in [1.807, 2.05) is 0 Å². The summed E-state index contributed by atoms with van der Waals surface area (Å²) < 4.78 is 24.2. The highest BCUT2D eigenvalue weighted by molar-refractivity contribution is 7.89. The number of nitro benzene ring substituents is 1. The lowest BCUT2D eigenvalue weighted by atomic mass is 10.1. The van der Waals surface area contributed by atoms with Gasteiger partial charge in [-0.3, -0.25) is 10.1 Å². The van der Waals surface area contributed by atoms with Crippen LogP contribution in [0.3, 0.4) is 0 Å². The molecule has 0 radical (unpaired) electrons. The molecule has 8 heteroatoms. The van der Waals surface area contributed by atoms with Crippen molar-refractivity contribution < 1.29 is 13.3 Å². The Bertz CT molecular complexity index is 569. The van der Waals surface area contributed by atoms with Crippen LogP contribution in [0.5, 0.6) is 0 Å². The molecule has 0 saturated carbocycles. The average molecular weight is 287 g/mol. The first-order valence-electron chi connectivity index (χ1n) is 5.64. The molecule has 0 spiro atoms. The van der Waals surface area contributed by atoms with Crippen molar-refractivity contribution in [3.05, 3.63) is 33.9 Å². The van der Waals surface area contributed by atoms with Crippen molar-refractivity contribution in [3.8, 4) is 0 Å². The number of nitrogens with zero attached hydrogens (tertiary/aromatic N) is 2. The molecule has 0 unspecified atom stereocenters. The molecule has 0 fully saturated rings. The summed E-state index contributed by atoms with van der Waals surface area (Å²) in [6.07, 6.45) is 0. The summed E-state index contributed by atoms with van der Waals surface area (Å²) in [4.78, 5) is 10.5. The number of aryl methyl sites for hydroxylation is 1. The van der Waals surface area contributed by atoms with Crippen molar-refractivity contribution in [3.63, 3.8) is 0 Å². The molecule has 0 bridgehead atoms. The molecular formula is C11H17N3O4S. The van der Waals surface area contributed by atoms with Crippen LogP contribution in [0.25, 0.3) is 0 Å². The van der Waals surface area contributed by atoms with Gasteiger partial charge in [0.2, 0.25) is 10.0 Å². The molecule has 0 atom stereocenters. The molecule has 0 heterocycles. The Balaban J connectivity index is 2.80. The Labute approximate surface area is 112 Å². The highest BCUT2D eigenvalue weighted by Crippen LogP contribution is 2.27. The molecule has 0 aliphatic carbocycles. The van der Waals surface area contributed by atoms with Crippen LogP contribution < -0.4 is 5.32 Å². The molecular weight excluding hydrogens is 270 g/mol. The van der Waals surface area contributed by atoms with Crippen molar-refractivity contribution >= 4 is 21.4 Å². The molecule has 0 aromatic heterocycles. The first-order valence-corrected chi connectivity index (χ1v) is 7.24. The molecule has 1 N–H and O–H groups in total. The Morgan fingerprint density at radius 2 is 2.00 bits per heavy atom. The quantitative estimate of drug-likeness (QED) is 0.627. The van der Waals surface area contributed by atoms with E-state index in [1.165, 1.54) is 14.1 Å². The van der Waals surface area contributed by atoms with E-state index in [0.29, 0.717) is 11.3 Å². The van der Waals surface area contributed by atoms with E-state index < -0.39 is 14.9 Å². The average Bonchev–Trinajstić information content (AvgIpc) is 2.27. The number of nitrogens with one attached hydrogen (secondary N) is 1. The number of hydrogen-bond donors (Lipinski definition) is 1. The van der Waals surface area contributed by atoms with Crippen molar-refractivity contribution in [1.29, 1.82) is 0 Å². The van der Waals surface area contributed by atoms with Gasteiger partial charge in [0.05, 0.1) is 10.7 Å². The highest BCUT2D eigenvalue weighted by Gasteiger charge is 2.18. The van der Waals surface area contributed by atoms with E-state index >= 15 is 0 Å². The van der Waals surface area contributed by atoms with Crippen molar-refractivity contribution in [2.24, 2.45) is 0 Å². The van der Waals surface area contributed by atoms with Gasteiger partial charge in [0.1, 0.15) is 5.69 Å². The summed E-state index contributed by atoms with van der Waals surface area (Å²) in [5.74, 6) is -0.120. The first-order chi connectivity index (χ1) is 8.75. The molecule has 1 rings (SSSR count). The number of anilines is 1. The molecule has 1 aromatic rings. The van der Waals surface area contributed by atoms with Crippen LogP contribution >= 0.6 is 0 Å². The van der Waals surface area contributed by atoms with E-state index in [4.69, 9.17) is 0 Å². The third kappa shape index (κ3) is 3.90. The van der Waals surface area contributed by atoms with Crippen molar-refractivity contribution in [1.82, 2.24) is 4.31 Å². The zero-order chi connectivity index (χ0) is 14.6. The van der Waals surface area contributed by atoms with Crippen LogP contribution in [-0.2, 0) is 10.0 Å². The van der Waals surface area contributed by atoms with Gasteiger partial charge in [-0.25, -0.2) is 12.7 Å². The second-order valence-corrected chi connectivity index (χ2v) is 6.56. The lowest BCUT2D eigenvalue weighted by Gasteiger charge is -2.12. The lowest BCUT2D eigenvalue weighted by Crippen LogP contribution is -2.28. The monoisotopic (exact) mass is 287 g/mol. The maximum atomic E-state index is 11.6. The van der Waals surface area contributed by atoms with Gasteiger partial charge in [-0.15, -0.1) is 0 Å². The van der Waals surface area contributed by atoms with Crippen LogP contribution in [-0.4, -0.2) is 44.0 Å². The number of rotatable bonds is 6. The Morgan fingerprint density at radius 3 is 2.53 bits per heavy atom. The summed E-state index contributed by atoms with van der Waals surface area (Å²) in [7, 11) is -0.413. The highest BCUT2D eigenvalue weighted by atomic mass is 32.2. The molecule has 0 aliphatic rings. The molecule has 0 amide bonds. The van der Waals surface area contributed by atoms with E-state index in [9.17, 15) is 18.5 Å². The van der Waals surface area contributed by atoms with Crippen LogP contribution in [0.1, 0.15) is 5.56 Å². The second-order valence-electron chi connectivity index (χ2n) is 4.25. The largest absolute Gasteiger partial charge is 0.378 e. The summed E-state index contributed by atoms with van der Waals surface area (Å²) in [5, 5.41) is 13.7. The predicted octanol–water partition coefficient (Wildman–Crippen LogP) is 1.21. The zero-order valence-electron chi connectivity index (χ0n) is 11.1. The number of sulfonamides is 1. The van der Waals surface area contributed by atoms with E-state index in [1.54, 1.807) is 25.1 Å². The summed E-state index contributed by atoms with van der Waals surface area (Å²) in [5.41, 5.74) is 0.842. The minimum atomic E-state index is -3.31. The first kappa shape index (κ1) is 15.4. The smallest absolute Gasteiger partial charge is 0.295 e. The molecule has 0 saturated heterocycles. The van der Waals surface area contributed by atoms with Crippen LogP contribution in [0.2, 0.25) is 0 Å². The van der Waals surface area contributed by atoms with Crippen LogP contribution in [0.4, 0.5) is 11.4 Å². The third-order valence-electron chi connectivity index (χ3n) is 2.65. The Kier molecular flexibility index (Phi) is 4.84. The molecule has 106 valence electrons. The maximum Gasteiger partial charge on any atom is 0.295 e. The Hall–Kier alpha value is -1.67. The molecule has 7 nitrogen and oxygen atoms in total. The molecule has 19 heavy (non-hydrogen) atoms. The van der Waals surface area contributed by atoms with Crippen LogP contribution in [0, 0.1) is 17.0 Å². The normalized spacial score (nSPS) is 11.6. The fourth-order valence-electron chi connectivity index (χ4n) is 1.54. The van der Waals surface area contributed by atoms with Gasteiger partial charge < -0.3 is 5.32 Å². The van der Waals surface area contributed by atoms with Gasteiger partial charge >= 0.3 is 0 Å². The minimum absolute atomic E-state index is 0.0234. The number of para-hydroxylation sites is 1. The third-order valence-corrected chi connectivity index (χ3v) is 4.48. The van der Waals surface area contributed by atoms with Gasteiger partial charge in [0.25, 0.3) is 5.69 Å². The van der Waals surface area contributed by atoms with E-state index in [0.717, 1.165) is 4.31 Å². The number of benzene rings is 1. The number of nitro groups is 1. The maximum absolute atomic E-state index is 11.6. The zero-order valence-corrected chi connectivity index (χ0v) is 11.9. The lowest BCUT2D eigenvalue weighted by molar-refractivity contribution is -0.384. The summed E-state index contributed by atoms with van der Waals surface area (Å²) >= 11 is 0. The van der Waals surface area contributed by atoms with Gasteiger partial charge in [0.15, 0.2) is 0 Å². The van der Waals surface area contributed by atoms with E-state index in [2.05, 4.69) is 5.32 Å². The summed E-state index contributed by atoms with van der Waals surface area (Å²) in [6.45, 7) is 1.75. The SMILES string of the molecule is Cc1cccc(NCCS(=O)(=O)N(C)C)c1[N+](=O)[O-]. The predicted molar refractivity (Wildman–Crippen MR) is 73.8 cm³/mol. The van der Waals surface area contributed by atoms with Crippen LogP contribution in [0.15, 0.2) is 18.2 Å². The van der Waals surface area contributed by atoms with Gasteiger partial charge in [-0.1, -0.05) is 12.1 Å². The fraction of sp³-hybridized carbons (Fsp3) is 0.455. The van der Waals surface area contributed by atoms with Gasteiger partial charge in [0, 0.05) is 26.2 Å². The van der Waals surface area contributed by atoms with E-state index in [-0.39, 0.29) is 18.0 Å². The minimum Gasteiger partial charge on any atom is -0.378 e. The summed E-state index contributed by atoms with van der Waals surface area (Å²) in [6, 6.07) is 4.89. The molecule has 0 aliphatic heterocycles. The number of hydrogen-bond acceptors (Lipinski definition) is 5. The standard InChI is InChI=1S/C11H17N3O4S/c1-9-5-4-6-10(11(9)14(15)16)12-7-8-19(17,18)13(2)3/h4-6,12H,7-8H2,1-3H3.